The zero-order chi connectivity index (χ0) is 14.0. The standard InChI is InChI=1S/C13H10ClF2NO2/c1-2-19-12(18)13(15,16)11-6-3-8-7-9(14)4-5-10(8)17-11/h3-7H,2H2,1H3. The smallest absolute Gasteiger partial charge is 0.384 e. The Balaban J connectivity index is 2.45. The maximum Gasteiger partial charge on any atom is 0.384 e. The van der Waals surface area contributed by atoms with Crippen LogP contribution in [0.15, 0.2) is 30.3 Å². The van der Waals surface area contributed by atoms with Crippen LogP contribution < -0.4 is 0 Å². The summed E-state index contributed by atoms with van der Waals surface area (Å²) >= 11 is 5.79. The molecule has 6 heteroatoms. The molecule has 2 rings (SSSR count). The van der Waals surface area contributed by atoms with Gasteiger partial charge in [-0.1, -0.05) is 17.7 Å². The van der Waals surface area contributed by atoms with Crippen LogP contribution in [0.4, 0.5) is 8.78 Å². The quantitative estimate of drug-likeness (QED) is 0.810. The number of nitrogens with zero attached hydrogens (tertiary/aromatic N) is 1. The van der Waals surface area contributed by atoms with Crippen molar-refractivity contribution in [2.45, 2.75) is 12.8 Å². The van der Waals surface area contributed by atoms with Crippen molar-refractivity contribution >= 4 is 28.5 Å². The average molecular weight is 286 g/mol. The van der Waals surface area contributed by atoms with Crippen LogP contribution in [0.25, 0.3) is 10.9 Å². The number of alkyl halides is 2. The number of ether oxygens (including phenoxy) is 1. The maximum atomic E-state index is 13.8. The topological polar surface area (TPSA) is 39.2 Å². The van der Waals surface area contributed by atoms with Crippen LogP contribution in [-0.2, 0) is 15.5 Å². The Kier molecular flexibility index (Phi) is 3.66. The third kappa shape index (κ3) is 2.66. The molecule has 19 heavy (non-hydrogen) atoms. The fourth-order valence-electron chi connectivity index (χ4n) is 1.60. The summed E-state index contributed by atoms with van der Waals surface area (Å²) in [7, 11) is 0. The highest BCUT2D eigenvalue weighted by Crippen LogP contribution is 2.30. The van der Waals surface area contributed by atoms with Gasteiger partial charge in [-0.2, -0.15) is 8.78 Å². The molecule has 0 aliphatic carbocycles. The fourth-order valence-corrected chi connectivity index (χ4v) is 1.78. The van der Waals surface area contributed by atoms with Gasteiger partial charge in [0.05, 0.1) is 12.1 Å². The summed E-state index contributed by atoms with van der Waals surface area (Å²) in [6, 6.07) is 7.20. The van der Waals surface area contributed by atoms with Crippen molar-refractivity contribution in [3.8, 4) is 0 Å². The Bertz CT molecular complexity index is 631. The summed E-state index contributed by atoms with van der Waals surface area (Å²) in [6.07, 6.45) is 0. The molecule has 0 bridgehead atoms. The Labute approximate surface area is 113 Å². The summed E-state index contributed by atoms with van der Waals surface area (Å²) in [5.41, 5.74) is -0.299. The monoisotopic (exact) mass is 285 g/mol. The molecular weight excluding hydrogens is 276 g/mol. The van der Waals surface area contributed by atoms with Gasteiger partial charge in [-0.3, -0.25) is 0 Å². The van der Waals surface area contributed by atoms with Gasteiger partial charge in [0.1, 0.15) is 5.69 Å². The van der Waals surface area contributed by atoms with Gasteiger partial charge in [-0.25, -0.2) is 9.78 Å². The number of rotatable bonds is 3. The van der Waals surface area contributed by atoms with Gasteiger partial charge < -0.3 is 4.74 Å². The zero-order valence-corrected chi connectivity index (χ0v) is 10.7. The number of pyridine rings is 1. The first-order valence-electron chi connectivity index (χ1n) is 5.57. The van der Waals surface area contributed by atoms with Crippen molar-refractivity contribution in [2.24, 2.45) is 0 Å². The van der Waals surface area contributed by atoms with Gasteiger partial charge in [0.2, 0.25) is 0 Å². The second-order valence-corrected chi connectivity index (χ2v) is 4.26. The van der Waals surface area contributed by atoms with Crippen molar-refractivity contribution in [3.63, 3.8) is 0 Å². The molecule has 0 radical (unpaired) electrons. The molecule has 0 amide bonds. The molecule has 1 aromatic heterocycles. The Morgan fingerprint density at radius 1 is 1.37 bits per heavy atom. The number of esters is 1. The molecule has 0 fully saturated rings. The third-order valence-electron chi connectivity index (χ3n) is 2.50. The van der Waals surface area contributed by atoms with E-state index in [4.69, 9.17) is 11.6 Å². The first-order chi connectivity index (χ1) is 8.95. The predicted octanol–water partition coefficient (Wildman–Crippen LogP) is 3.54. The summed E-state index contributed by atoms with van der Waals surface area (Å²) in [5.74, 6) is -5.36. The number of hydrogen-bond acceptors (Lipinski definition) is 3. The van der Waals surface area contributed by atoms with E-state index in [0.29, 0.717) is 15.9 Å². The highest BCUT2D eigenvalue weighted by molar-refractivity contribution is 6.31. The van der Waals surface area contributed by atoms with Crippen molar-refractivity contribution in [2.75, 3.05) is 6.61 Å². The molecule has 1 aromatic carbocycles. The average Bonchev–Trinajstić information content (AvgIpc) is 2.38. The minimum absolute atomic E-state index is 0.113. The lowest BCUT2D eigenvalue weighted by Gasteiger charge is -2.14. The van der Waals surface area contributed by atoms with Gasteiger partial charge in [0.15, 0.2) is 0 Å². The molecule has 0 aliphatic rings. The number of halogens is 3. The molecule has 0 saturated heterocycles. The fraction of sp³-hybridized carbons (Fsp3) is 0.231. The minimum atomic E-state index is -3.76. The number of hydrogen-bond donors (Lipinski definition) is 0. The van der Waals surface area contributed by atoms with Crippen molar-refractivity contribution in [3.05, 3.63) is 41.0 Å². The van der Waals surface area contributed by atoms with E-state index in [1.54, 1.807) is 12.1 Å². The Hall–Kier alpha value is -1.75. The minimum Gasteiger partial charge on any atom is -0.461 e. The molecular formula is C13H10ClF2NO2. The van der Waals surface area contributed by atoms with E-state index in [1.807, 2.05) is 0 Å². The van der Waals surface area contributed by atoms with E-state index in [0.717, 1.165) is 6.07 Å². The molecule has 2 aromatic rings. The first kappa shape index (κ1) is 13.7. The number of fused-ring (bicyclic) bond motifs is 1. The largest absolute Gasteiger partial charge is 0.461 e. The Morgan fingerprint density at radius 3 is 2.79 bits per heavy atom. The third-order valence-corrected chi connectivity index (χ3v) is 2.74. The lowest BCUT2D eigenvalue weighted by atomic mass is 10.1. The molecule has 100 valence electrons. The number of aromatic nitrogens is 1. The van der Waals surface area contributed by atoms with E-state index < -0.39 is 17.6 Å². The highest BCUT2D eigenvalue weighted by atomic mass is 35.5. The molecule has 0 aliphatic heterocycles. The maximum absolute atomic E-state index is 13.8. The number of benzene rings is 1. The van der Waals surface area contributed by atoms with E-state index in [1.165, 1.54) is 19.1 Å². The van der Waals surface area contributed by atoms with E-state index in [9.17, 15) is 13.6 Å². The van der Waals surface area contributed by atoms with Gasteiger partial charge in [-0.05, 0) is 31.2 Å². The van der Waals surface area contributed by atoms with Gasteiger partial charge in [0.25, 0.3) is 0 Å². The molecule has 0 atom stereocenters. The summed E-state index contributed by atoms with van der Waals surface area (Å²) in [6.45, 7) is 1.35. The van der Waals surface area contributed by atoms with E-state index >= 15 is 0 Å². The molecule has 0 saturated carbocycles. The van der Waals surface area contributed by atoms with Crippen LogP contribution in [0.1, 0.15) is 12.6 Å². The van der Waals surface area contributed by atoms with Crippen molar-refractivity contribution in [1.82, 2.24) is 4.98 Å². The van der Waals surface area contributed by atoms with Crippen LogP contribution >= 0.6 is 11.6 Å². The lowest BCUT2D eigenvalue weighted by molar-refractivity contribution is -0.173. The highest BCUT2D eigenvalue weighted by Gasteiger charge is 2.44. The molecule has 1 heterocycles. The van der Waals surface area contributed by atoms with Gasteiger partial charge >= 0.3 is 11.9 Å². The summed E-state index contributed by atoms with van der Waals surface area (Å²) in [4.78, 5) is 15.0. The number of carbonyl (C=O) groups is 1. The van der Waals surface area contributed by atoms with Crippen LogP contribution in [0, 0.1) is 0 Å². The predicted molar refractivity (Wildman–Crippen MR) is 67.3 cm³/mol. The van der Waals surface area contributed by atoms with Crippen molar-refractivity contribution in [1.29, 1.82) is 0 Å². The molecule has 3 nitrogen and oxygen atoms in total. The van der Waals surface area contributed by atoms with Crippen LogP contribution in [0.5, 0.6) is 0 Å². The molecule has 0 spiro atoms. The lowest BCUT2D eigenvalue weighted by Crippen LogP contribution is -2.29. The first-order valence-corrected chi connectivity index (χ1v) is 5.94. The van der Waals surface area contributed by atoms with E-state index in [-0.39, 0.29) is 6.61 Å². The normalized spacial score (nSPS) is 11.6. The SMILES string of the molecule is CCOC(=O)C(F)(F)c1ccc2cc(Cl)ccc2n1. The van der Waals surface area contributed by atoms with Crippen LogP contribution in [-0.4, -0.2) is 17.6 Å². The second kappa shape index (κ2) is 5.09. The summed E-state index contributed by atoms with van der Waals surface area (Å²) < 4.78 is 31.9. The zero-order valence-electron chi connectivity index (χ0n) is 9.99. The molecule has 0 N–H and O–H groups in total. The van der Waals surface area contributed by atoms with E-state index in [2.05, 4.69) is 9.72 Å². The Morgan fingerprint density at radius 2 is 2.11 bits per heavy atom. The van der Waals surface area contributed by atoms with Gasteiger partial charge in [0, 0.05) is 10.4 Å². The number of carbonyl (C=O) groups excluding carboxylic acids is 1. The van der Waals surface area contributed by atoms with Gasteiger partial charge in [-0.15, -0.1) is 0 Å². The van der Waals surface area contributed by atoms with Crippen LogP contribution in [0.2, 0.25) is 5.02 Å². The molecule has 0 unspecified atom stereocenters. The van der Waals surface area contributed by atoms with Crippen LogP contribution in [0.3, 0.4) is 0 Å². The summed E-state index contributed by atoms with van der Waals surface area (Å²) in [5, 5.41) is 1.11. The second-order valence-electron chi connectivity index (χ2n) is 3.83. The van der Waals surface area contributed by atoms with Crippen molar-refractivity contribution < 1.29 is 18.3 Å².